The second kappa shape index (κ2) is 6.75. The Hall–Kier alpha value is -1.46. The van der Waals surface area contributed by atoms with Crippen molar-refractivity contribution in [2.75, 3.05) is 51.2 Å². The number of rotatable bonds is 3. The van der Waals surface area contributed by atoms with Gasteiger partial charge < -0.3 is 9.80 Å². The molecule has 2 fully saturated rings. The molecule has 22 heavy (non-hydrogen) atoms. The predicted molar refractivity (Wildman–Crippen MR) is 88.7 cm³/mol. The standard InChI is InChI=1S/C17H26N4O/c1-14-15(13-22)3-4-17(18-14)21-7-5-16(6-8-21)20-11-9-19(2)10-12-20/h3-4,13,16H,5-12H2,1-2H3. The number of aryl methyl sites for hydroxylation is 1. The van der Waals surface area contributed by atoms with Crippen molar-refractivity contribution in [2.24, 2.45) is 0 Å². The molecule has 0 bridgehead atoms. The van der Waals surface area contributed by atoms with Gasteiger partial charge >= 0.3 is 0 Å². The number of piperidine rings is 1. The maximum absolute atomic E-state index is 10.9. The van der Waals surface area contributed by atoms with Crippen LogP contribution in [0.2, 0.25) is 0 Å². The second-order valence-electron chi connectivity index (χ2n) is 6.52. The SMILES string of the molecule is Cc1nc(N2CCC(N3CCN(C)CC3)CC2)ccc1C=O. The maximum atomic E-state index is 10.9. The summed E-state index contributed by atoms with van der Waals surface area (Å²) < 4.78 is 0. The highest BCUT2D eigenvalue weighted by Gasteiger charge is 2.27. The topological polar surface area (TPSA) is 39.7 Å². The van der Waals surface area contributed by atoms with Crippen molar-refractivity contribution in [2.45, 2.75) is 25.8 Å². The minimum atomic E-state index is 0.691. The Morgan fingerprint density at radius 3 is 2.36 bits per heavy atom. The number of pyridine rings is 1. The molecule has 0 saturated carbocycles. The monoisotopic (exact) mass is 302 g/mol. The van der Waals surface area contributed by atoms with Crippen molar-refractivity contribution in [3.63, 3.8) is 0 Å². The highest BCUT2D eigenvalue weighted by atomic mass is 16.1. The summed E-state index contributed by atoms with van der Waals surface area (Å²) in [6, 6.07) is 4.59. The molecule has 5 heteroatoms. The summed E-state index contributed by atoms with van der Waals surface area (Å²) in [4.78, 5) is 22.9. The van der Waals surface area contributed by atoms with E-state index in [0.717, 1.165) is 36.9 Å². The Balaban J connectivity index is 1.57. The predicted octanol–water partition coefficient (Wildman–Crippen LogP) is 1.42. The average molecular weight is 302 g/mol. The van der Waals surface area contributed by atoms with E-state index in [1.807, 2.05) is 19.1 Å². The first-order valence-electron chi connectivity index (χ1n) is 8.28. The van der Waals surface area contributed by atoms with E-state index in [9.17, 15) is 4.79 Å². The number of piperazine rings is 1. The van der Waals surface area contributed by atoms with Crippen molar-refractivity contribution in [1.29, 1.82) is 0 Å². The van der Waals surface area contributed by atoms with Crippen molar-refractivity contribution < 1.29 is 4.79 Å². The van der Waals surface area contributed by atoms with Crippen LogP contribution in [0, 0.1) is 6.92 Å². The van der Waals surface area contributed by atoms with Crippen molar-refractivity contribution in [1.82, 2.24) is 14.8 Å². The first kappa shape index (κ1) is 15.4. The van der Waals surface area contributed by atoms with E-state index in [0.29, 0.717) is 5.56 Å². The molecule has 2 aliphatic rings. The molecule has 3 rings (SSSR count). The third-order valence-corrected chi connectivity index (χ3v) is 5.08. The van der Waals surface area contributed by atoms with Gasteiger partial charge in [0, 0.05) is 50.9 Å². The van der Waals surface area contributed by atoms with Crippen LogP contribution in [0.5, 0.6) is 0 Å². The van der Waals surface area contributed by atoms with Crippen LogP contribution < -0.4 is 4.90 Å². The maximum Gasteiger partial charge on any atom is 0.151 e. The smallest absolute Gasteiger partial charge is 0.151 e. The molecule has 0 aromatic carbocycles. The molecule has 0 N–H and O–H groups in total. The van der Waals surface area contributed by atoms with E-state index in [4.69, 9.17) is 0 Å². The van der Waals surface area contributed by atoms with E-state index in [-0.39, 0.29) is 0 Å². The quantitative estimate of drug-likeness (QED) is 0.790. The minimum absolute atomic E-state index is 0.691. The number of anilines is 1. The molecule has 1 aromatic heterocycles. The lowest BCUT2D eigenvalue weighted by atomic mass is 10.0. The summed E-state index contributed by atoms with van der Waals surface area (Å²) in [5, 5.41) is 0. The van der Waals surface area contributed by atoms with Crippen molar-refractivity contribution in [3.05, 3.63) is 23.4 Å². The van der Waals surface area contributed by atoms with Gasteiger partial charge in [-0.2, -0.15) is 0 Å². The van der Waals surface area contributed by atoms with Gasteiger partial charge in [-0.1, -0.05) is 0 Å². The molecule has 0 spiro atoms. The fourth-order valence-corrected chi connectivity index (χ4v) is 3.51. The van der Waals surface area contributed by atoms with Gasteiger partial charge in [0.1, 0.15) is 5.82 Å². The Morgan fingerprint density at radius 1 is 1.09 bits per heavy atom. The Kier molecular flexibility index (Phi) is 4.74. The molecule has 0 atom stereocenters. The molecule has 5 nitrogen and oxygen atoms in total. The summed E-state index contributed by atoms with van der Waals surface area (Å²) in [5.41, 5.74) is 1.52. The van der Waals surface area contributed by atoms with Crippen LogP contribution in [0.4, 0.5) is 5.82 Å². The number of aldehydes is 1. The third kappa shape index (κ3) is 3.31. The number of hydrogen-bond acceptors (Lipinski definition) is 5. The van der Waals surface area contributed by atoms with Crippen LogP contribution in [0.15, 0.2) is 12.1 Å². The lowest BCUT2D eigenvalue weighted by Crippen LogP contribution is -2.52. The van der Waals surface area contributed by atoms with Crippen LogP contribution in [0.3, 0.4) is 0 Å². The molecule has 2 saturated heterocycles. The fraction of sp³-hybridized carbons (Fsp3) is 0.647. The minimum Gasteiger partial charge on any atom is -0.356 e. The first-order valence-corrected chi connectivity index (χ1v) is 8.28. The number of likely N-dealkylation sites (N-methyl/N-ethyl adjacent to an activating group) is 1. The van der Waals surface area contributed by atoms with E-state index in [1.54, 1.807) is 0 Å². The number of nitrogens with zero attached hydrogens (tertiary/aromatic N) is 4. The molecular formula is C17H26N4O. The molecule has 1 aromatic rings. The van der Waals surface area contributed by atoms with Gasteiger partial charge in [-0.05, 0) is 38.9 Å². The number of carbonyl (C=O) groups is 1. The van der Waals surface area contributed by atoms with E-state index in [1.165, 1.54) is 39.0 Å². The summed E-state index contributed by atoms with van der Waals surface area (Å²) in [5.74, 6) is 1.01. The number of hydrogen-bond donors (Lipinski definition) is 0. The van der Waals surface area contributed by atoms with Crippen LogP contribution >= 0.6 is 0 Å². The van der Waals surface area contributed by atoms with Gasteiger partial charge in [0.2, 0.25) is 0 Å². The molecule has 3 heterocycles. The normalized spacial score (nSPS) is 22.0. The van der Waals surface area contributed by atoms with Crippen LogP contribution in [0.1, 0.15) is 28.9 Å². The zero-order valence-electron chi connectivity index (χ0n) is 13.7. The van der Waals surface area contributed by atoms with Crippen LogP contribution in [-0.2, 0) is 0 Å². The van der Waals surface area contributed by atoms with E-state index < -0.39 is 0 Å². The van der Waals surface area contributed by atoms with Crippen LogP contribution in [-0.4, -0.2) is 73.4 Å². The summed E-state index contributed by atoms with van der Waals surface area (Å²) >= 11 is 0. The van der Waals surface area contributed by atoms with Crippen molar-refractivity contribution >= 4 is 12.1 Å². The number of aromatic nitrogens is 1. The Morgan fingerprint density at radius 2 is 1.77 bits per heavy atom. The van der Waals surface area contributed by atoms with Gasteiger partial charge in [0.15, 0.2) is 6.29 Å². The number of carbonyl (C=O) groups excluding carboxylic acids is 1. The third-order valence-electron chi connectivity index (χ3n) is 5.08. The second-order valence-corrected chi connectivity index (χ2v) is 6.52. The molecule has 0 radical (unpaired) electrons. The fourth-order valence-electron chi connectivity index (χ4n) is 3.51. The Labute approximate surface area is 132 Å². The molecular weight excluding hydrogens is 276 g/mol. The van der Waals surface area contributed by atoms with E-state index >= 15 is 0 Å². The average Bonchev–Trinajstić information content (AvgIpc) is 2.56. The molecule has 2 aliphatic heterocycles. The molecule has 0 aliphatic carbocycles. The van der Waals surface area contributed by atoms with Gasteiger partial charge in [0.25, 0.3) is 0 Å². The molecule has 0 amide bonds. The zero-order valence-corrected chi connectivity index (χ0v) is 13.7. The van der Waals surface area contributed by atoms with Gasteiger partial charge in [0.05, 0.1) is 5.69 Å². The summed E-state index contributed by atoms with van der Waals surface area (Å²) in [6.07, 6.45) is 3.30. The largest absolute Gasteiger partial charge is 0.356 e. The lowest BCUT2D eigenvalue weighted by molar-refractivity contribution is 0.0981. The zero-order chi connectivity index (χ0) is 15.5. The van der Waals surface area contributed by atoms with Gasteiger partial charge in [-0.25, -0.2) is 4.98 Å². The highest BCUT2D eigenvalue weighted by Crippen LogP contribution is 2.22. The first-order chi connectivity index (χ1) is 10.7. The molecule has 0 unspecified atom stereocenters. The Bertz CT molecular complexity index is 517. The van der Waals surface area contributed by atoms with Gasteiger partial charge in [-0.3, -0.25) is 9.69 Å². The summed E-state index contributed by atoms with van der Waals surface area (Å²) in [7, 11) is 2.21. The highest BCUT2D eigenvalue weighted by molar-refractivity contribution is 5.76. The van der Waals surface area contributed by atoms with Gasteiger partial charge in [-0.15, -0.1) is 0 Å². The lowest BCUT2D eigenvalue weighted by Gasteiger charge is -2.42. The summed E-state index contributed by atoms with van der Waals surface area (Å²) in [6.45, 7) is 8.80. The van der Waals surface area contributed by atoms with Crippen molar-refractivity contribution in [3.8, 4) is 0 Å². The van der Waals surface area contributed by atoms with E-state index in [2.05, 4.69) is 26.7 Å². The van der Waals surface area contributed by atoms with Crippen LogP contribution in [0.25, 0.3) is 0 Å². The molecule has 120 valence electrons.